The molecule has 0 saturated carbocycles. The molecule has 0 radical (unpaired) electrons. The lowest BCUT2D eigenvalue weighted by molar-refractivity contribution is -0.123. The fourth-order valence-electron chi connectivity index (χ4n) is 3.36. The second kappa shape index (κ2) is 10.3. The molecule has 1 aliphatic rings. The summed E-state index contributed by atoms with van der Waals surface area (Å²) in [7, 11) is 1.55. The Morgan fingerprint density at radius 1 is 1.06 bits per heavy atom. The number of rotatable bonds is 8. The number of fused-ring (bicyclic) bond motifs is 1. The van der Waals surface area contributed by atoms with E-state index in [1.54, 1.807) is 67.8 Å². The van der Waals surface area contributed by atoms with Crippen molar-refractivity contribution in [3.8, 4) is 17.2 Å². The molecule has 1 heterocycles. The SMILES string of the molecule is COc1ccc(NC(=O)CN2C(=O)COc3ccc(C(=O)COc4cccc(Cl)c4)cc32)cc1. The van der Waals surface area contributed by atoms with Crippen molar-refractivity contribution in [1.82, 2.24) is 0 Å². The molecule has 8 nitrogen and oxygen atoms in total. The van der Waals surface area contributed by atoms with E-state index in [1.165, 1.54) is 11.0 Å². The molecule has 0 spiro atoms. The fourth-order valence-corrected chi connectivity index (χ4v) is 3.54. The third-order valence-electron chi connectivity index (χ3n) is 5.07. The van der Waals surface area contributed by atoms with E-state index >= 15 is 0 Å². The summed E-state index contributed by atoms with van der Waals surface area (Å²) < 4.78 is 16.1. The molecule has 0 aliphatic carbocycles. The van der Waals surface area contributed by atoms with E-state index in [0.29, 0.717) is 39.2 Å². The number of carbonyl (C=O) groups is 3. The monoisotopic (exact) mass is 480 g/mol. The molecule has 1 aliphatic heterocycles. The number of amides is 2. The minimum atomic E-state index is -0.396. The van der Waals surface area contributed by atoms with Crippen LogP contribution in [0.4, 0.5) is 11.4 Å². The number of ketones is 1. The Balaban J connectivity index is 1.46. The lowest BCUT2D eigenvalue weighted by atomic mass is 10.1. The van der Waals surface area contributed by atoms with Crippen molar-refractivity contribution in [3.05, 3.63) is 77.3 Å². The number of benzene rings is 3. The summed E-state index contributed by atoms with van der Waals surface area (Å²) >= 11 is 5.94. The van der Waals surface area contributed by atoms with Gasteiger partial charge in [0.25, 0.3) is 5.91 Å². The topological polar surface area (TPSA) is 94.2 Å². The quantitative estimate of drug-likeness (QED) is 0.490. The molecule has 0 unspecified atom stereocenters. The van der Waals surface area contributed by atoms with E-state index in [4.69, 9.17) is 25.8 Å². The van der Waals surface area contributed by atoms with Gasteiger partial charge in [0.05, 0.1) is 12.8 Å². The van der Waals surface area contributed by atoms with Crippen LogP contribution in [0.25, 0.3) is 0 Å². The summed E-state index contributed by atoms with van der Waals surface area (Å²) in [4.78, 5) is 39.2. The second-order valence-electron chi connectivity index (χ2n) is 7.40. The summed E-state index contributed by atoms with van der Waals surface area (Å²) in [6, 6.07) is 18.3. The average Bonchev–Trinajstić information content (AvgIpc) is 2.84. The first-order chi connectivity index (χ1) is 16.4. The fraction of sp³-hybridized carbons (Fsp3) is 0.160. The van der Waals surface area contributed by atoms with Crippen LogP contribution in [0.2, 0.25) is 5.02 Å². The highest BCUT2D eigenvalue weighted by atomic mass is 35.5. The summed E-state index contributed by atoms with van der Waals surface area (Å²) in [5.74, 6) is 0.443. The molecule has 34 heavy (non-hydrogen) atoms. The lowest BCUT2D eigenvalue weighted by Gasteiger charge is -2.29. The Bertz CT molecular complexity index is 1230. The van der Waals surface area contributed by atoms with Crippen LogP contribution < -0.4 is 24.4 Å². The highest BCUT2D eigenvalue weighted by Gasteiger charge is 2.28. The van der Waals surface area contributed by atoms with Gasteiger partial charge in [-0.05, 0) is 60.7 Å². The first-order valence-electron chi connectivity index (χ1n) is 10.4. The zero-order valence-electron chi connectivity index (χ0n) is 18.2. The zero-order valence-corrected chi connectivity index (χ0v) is 19.0. The predicted molar refractivity (Wildman–Crippen MR) is 127 cm³/mol. The number of halogens is 1. The molecule has 4 rings (SSSR count). The van der Waals surface area contributed by atoms with Crippen LogP contribution in [0.3, 0.4) is 0 Å². The normalized spacial score (nSPS) is 12.4. The number of hydrogen-bond donors (Lipinski definition) is 1. The van der Waals surface area contributed by atoms with Gasteiger partial charge in [-0.1, -0.05) is 17.7 Å². The first-order valence-corrected chi connectivity index (χ1v) is 10.7. The van der Waals surface area contributed by atoms with Gasteiger partial charge in [0.2, 0.25) is 5.91 Å². The Morgan fingerprint density at radius 2 is 1.85 bits per heavy atom. The van der Waals surface area contributed by atoms with Crippen molar-refractivity contribution < 1.29 is 28.6 Å². The molecule has 0 bridgehead atoms. The molecule has 0 fully saturated rings. The first kappa shape index (κ1) is 23.1. The molecule has 3 aromatic rings. The molecule has 9 heteroatoms. The van der Waals surface area contributed by atoms with E-state index in [9.17, 15) is 14.4 Å². The zero-order chi connectivity index (χ0) is 24.1. The van der Waals surface area contributed by atoms with Crippen molar-refractivity contribution in [2.24, 2.45) is 0 Å². The summed E-state index contributed by atoms with van der Waals surface area (Å²) in [5.41, 5.74) is 1.23. The molecular weight excluding hydrogens is 460 g/mol. The maximum atomic E-state index is 12.7. The van der Waals surface area contributed by atoms with Gasteiger partial charge in [-0.15, -0.1) is 0 Å². The number of carbonyl (C=O) groups excluding carboxylic acids is 3. The molecule has 0 saturated heterocycles. The Morgan fingerprint density at radius 3 is 2.59 bits per heavy atom. The van der Waals surface area contributed by atoms with Gasteiger partial charge >= 0.3 is 0 Å². The Kier molecular flexibility index (Phi) is 6.98. The van der Waals surface area contributed by atoms with Crippen LogP contribution in [0.1, 0.15) is 10.4 Å². The third-order valence-corrected chi connectivity index (χ3v) is 5.30. The summed E-state index contributed by atoms with van der Waals surface area (Å²) in [5, 5.41) is 3.24. The number of hydrogen-bond acceptors (Lipinski definition) is 6. The number of nitrogens with zero attached hydrogens (tertiary/aromatic N) is 1. The Hall–Kier alpha value is -4.04. The van der Waals surface area contributed by atoms with Crippen LogP contribution >= 0.6 is 11.6 Å². The molecule has 0 atom stereocenters. The highest BCUT2D eigenvalue weighted by Crippen LogP contribution is 2.33. The molecule has 3 aromatic carbocycles. The predicted octanol–water partition coefficient (Wildman–Crippen LogP) is 3.97. The number of nitrogens with one attached hydrogen (secondary N) is 1. The maximum Gasteiger partial charge on any atom is 0.265 e. The average molecular weight is 481 g/mol. The molecule has 0 aromatic heterocycles. The summed E-state index contributed by atoms with van der Waals surface area (Å²) in [6.45, 7) is -0.655. The van der Waals surface area contributed by atoms with Gasteiger partial charge in [-0.3, -0.25) is 19.3 Å². The van der Waals surface area contributed by atoms with Crippen LogP contribution in [0, 0.1) is 0 Å². The lowest BCUT2D eigenvalue weighted by Crippen LogP contribution is -2.43. The van der Waals surface area contributed by atoms with Gasteiger partial charge in [-0.25, -0.2) is 0 Å². The van der Waals surface area contributed by atoms with Gasteiger partial charge in [0.15, 0.2) is 19.0 Å². The van der Waals surface area contributed by atoms with E-state index in [0.717, 1.165) is 0 Å². The number of methoxy groups -OCH3 is 1. The van der Waals surface area contributed by atoms with Crippen LogP contribution in [-0.2, 0) is 9.59 Å². The van der Waals surface area contributed by atoms with Crippen molar-refractivity contribution in [3.63, 3.8) is 0 Å². The second-order valence-corrected chi connectivity index (χ2v) is 7.83. The number of ether oxygens (including phenoxy) is 3. The van der Waals surface area contributed by atoms with Gasteiger partial charge in [0, 0.05) is 16.3 Å². The minimum Gasteiger partial charge on any atom is -0.497 e. The minimum absolute atomic E-state index is 0.200. The number of Topliss-reactive ketones (excluding diaryl/α,β-unsaturated/α-hetero) is 1. The van der Waals surface area contributed by atoms with E-state index in [2.05, 4.69) is 5.32 Å². The maximum absolute atomic E-state index is 12.7. The van der Waals surface area contributed by atoms with Crippen molar-refractivity contribution in [2.75, 3.05) is 37.1 Å². The number of anilines is 2. The van der Waals surface area contributed by atoms with Gasteiger partial charge < -0.3 is 19.5 Å². The van der Waals surface area contributed by atoms with Gasteiger partial charge in [0.1, 0.15) is 23.8 Å². The molecule has 1 N–H and O–H groups in total. The molecule has 2 amide bonds. The highest BCUT2D eigenvalue weighted by molar-refractivity contribution is 6.30. The van der Waals surface area contributed by atoms with Crippen molar-refractivity contribution >= 4 is 40.6 Å². The third kappa shape index (κ3) is 5.47. The van der Waals surface area contributed by atoms with E-state index in [1.807, 2.05) is 0 Å². The van der Waals surface area contributed by atoms with Gasteiger partial charge in [-0.2, -0.15) is 0 Å². The van der Waals surface area contributed by atoms with Crippen molar-refractivity contribution in [2.45, 2.75) is 0 Å². The van der Waals surface area contributed by atoms with Crippen molar-refractivity contribution in [1.29, 1.82) is 0 Å². The Labute approximate surface area is 201 Å². The van der Waals surface area contributed by atoms with Crippen LogP contribution in [-0.4, -0.2) is 44.5 Å². The summed E-state index contributed by atoms with van der Waals surface area (Å²) in [6.07, 6.45) is 0. The van der Waals surface area contributed by atoms with E-state index < -0.39 is 11.8 Å². The molecule has 174 valence electrons. The van der Waals surface area contributed by atoms with E-state index in [-0.39, 0.29) is 25.5 Å². The smallest absolute Gasteiger partial charge is 0.265 e. The van der Waals surface area contributed by atoms with Crippen LogP contribution in [0.15, 0.2) is 66.7 Å². The largest absolute Gasteiger partial charge is 0.497 e. The van der Waals surface area contributed by atoms with Crippen LogP contribution in [0.5, 0.6) is 17.2 Å². The standard InChI is InChI=1S/C25H21ClN2O6/c1-32-19-8-6-18(7-9-19)27-24(30)13-28-21-11-16(5-10-23(21)34-15-25(28)31)22(29)14-33-20-4-2-3-17(26)12-20/h2-12H,13-15H2,1H3,(H,27,30). The molecular formula is C25H21ClN2O6.